The number of alkyl halides is 3. The van der Waals surface area contributed by atoms with E-state index in [0.29, 0.717) is 30.1 Å². The molecule has 1 aliphatic heterocycles. The smallest absolute Gasteiger partial charge is 0.416 e. The van der Waals surface area contributed by atoms with Crippen LogP contribution in [-0.2, 0) is 12.7 Å². The maximum Gasteiger partial charge on any atom is 0.416 e. The zero-order valence-corrected chi connectivity index (χ0v) is 12.6. The first-order valence-electron chi connectivity index (χ1n) is 7.37. The topological polar surface area (TPSA) is 49.5 Å². The molecule has 1 N–H and O–H groups in total. The molecule has 2 aromatic rings. The van der Waals surface area contributed by atoms with Crippen molar-refractivity contribution in [3.8, 4) is 11.5 Å². The Morgan fingerprint density at radius 2 is 2.17 bits per heavy atom. The second-order valence-corrected chi connectivity index (χ2v) is 5.78. The molecule has 1 aromatic carbocycles. The van der Waals surface area contributed by atoms with Crippen LogP contribution in [0.2, 0.25) is 0 Å². The van der Waals surface area contributed by atoms with E-state index in [0.717, 1.165) is 25.1 Å². The lowest BCUT2D eigenvalue weighted by Crippen LogP contribution is -2.22. The van der Waals surface area contributed by atoms with Crippen molar-refractivity contribution in [2.24, 2.45) is 0 Å². The van der Waals surface area contributed by atoms with E-state index in [9.17, 15) is 18.3 Å². The van der Waals surface area contributed by atoms with Gasteiger partial charge in [-0.1, -0.05) is 6.07 Å². The summed E-state index contributed by atoms with van der Waals surface area (Å²) in [5.74, 6) is 0.766. The lowest BCUT2D eigenvalue weighted by Gasteiger charge is -2.12. The molecule has 0 aliphatic carbocycles. The van der Waals surface area contributed by atoms with Crippen LogP contribution in [0.25, 0.3) is 11.5 Å². The summed E-state index contributed by atoms with van der Waals surface area (Å²) in [7, 11) is 0. The van der Waals surface area contributed by atoms with Gasteiger partial charge in [-0.05, 0) is 31.5 Å². The Bertz CT molecular complexity index is 697. The zero-order chi connectivity index (χ0) is 16.6. The number of aromatic nitrogens is 1. The molecule has 0 saturated carbocycles. The number of aryl methyl sites for hydroxylation is 1. The van der Waals surface area contributed by atoms with E-state index in [1.165, 1.54) is 6.07 Å². The monoisotopic (exact) mass is 326 g/mol. The fraction of sp³-hybridized carbons (Fsp3) is 0.438. The molecule has 1 atom stereocenters. The summed E-state index contributed by atoms with van der Waals surface area (Å²) in [6.07, 6.45) is -4.01. The fourth-order valence-electron chi connectivity index (χ4n) is 2.69. The van der Waals surface area contributed by atoms with Crippen molar-refractivity contribution in [1.82, 2.24) is 9.88 Å². The van der Waals surface area contributed by atoms with E-state index in [4.69, 9.17) is 4.42 Å². The number of nitrogens with zero attached hydrogens (tertiary/aromatic N) is 2. The maximum absolute atomic E-state index is 12.8. The summed E-state index contributed by atoms with van der Waals surface area (Å²) >= 11 is 0. The molecule has 7 heteroatoms. The predicted molar refractivity (Wildman–Crippen MR) is 77.6 cm³/mol. The molecule has 23 heavy (non-hydrogen) atoms. The highest BCUT2D eigenvalue weighted by Gasteiger charge is 2.31. The molecule has 0 unspecified atom stereocenters. The summed E-state index contributed by atoms with van der Waals surface area (Å²) in [6.45, 7) is 3.61. The number of benzene rings is 1. The van der Waals surface area contributed by atoms with Crippen molar-refractivity contribution < 1.29 is 22.7 Å². The molecule has 2 heterocycles. The third-order valence-electron chi connectivity index (χ3n) is 3.95. The Kier molecular flexibility index (Phi) is 4.16. The average Bonchev–Trinajstić information content (AvgIpc) is 3.05. The Balaban J connectivity index is 1.83. The van der Waals surface area contributed by atoms with Crippen LogP contribution >= 0.6 is 0 Å². The minimum atomic E-state index is -4.40. The van der Waals surface area contributed by atoms with Gasteiger partial charge in [0.2, 0.25) is 5.89 Å². The molecule has 4 nitrogen and oxygen atoms in total. The molecule has 0 radical (unpaired) electrons. The number of aliphatic hydroxyl groups is 1. The van der Waals surface area contributed by atoms with Crippen LogP contribution in [0.15, 0.2) is 28.7 Å². The van der Waals surface area contributed by atoms with Gasteiger partial charge in [0, 0.05) is 25.2 Å². The first-order chi connectivity index (χ1) is 10.8. The van der Waals surface area contributed by atoms with Crippen molar-refractivity contribution in [3.05, 3.63) is 41.3 Å². The molecule has 124 valence electrons. The van der Waals surface area contributed by atoms with Crippen LogP contribution < -0.4 is 0 Å². The zero-order valence-electron chi connectivity index (χ0n) is 12.6. The van der Waals surface area contributed by atoms with E-state index in [-0.39, 0.29) is 12.0 Å². The molecule has 1 fully saturated rings. The molecule has 3 rings (SSSR count). The van der Waals surface area contributed by atoms with Crippen LogP contribution in [-0.4, -0.2) is 34.2 Å². The molecule has 1 aromatic heterocycles. The standard InChI is InChI=1S/C16H17F3N2O2/c1-10-14(9-21-6-5-13(22)8-21)20-15(23-10)11-3-2-4-12(7-11)16(17,18)19/h2-4,7,13,22H,5-6,8-9H2,1H3/t13-/m0/s1. The lowest BCUT2D eigenvalue weighted by atomic mass is 10.1. The number of hydrogen-bond acceptors (Lipinski definition) is 4. The summed E-state index contributed by atoms with van der Waals surface area (Å²) in [6, 6.07) is 4.94. The third kappa shape index (κ3) is 3.56. The van der Waals surface area contributed by atoms with E-state index in [2.05, 4.69) is 4.98 Å². The van der Waals surface area contributed by atoms with Gasteiger partial charge in [0.15, 0.2) is 0 Å². The van der Waals surface area contributed by atoms with Gasteiger partial charge in [-0.25, -0.2) is 4.98 Å². The first kappa shape index (κ1) is 16.0. The van der Waals surface area contributed by atoms with Crippen LogP contribution in [0.1, 0.15) is 23.4 Å². The average molecular weight is 326 g/mol. The SMILES string of the molecule is Cc1oc(-c2cccc(C(F)(F)F)c2)nc1CN1CC[C@H](O)C1. The van der Waals surface area contributed by atoms with Crippen LogP contribution in [0, 0.1) is 6.92 Å². The van der Waals surface area contributed by atoms with Gasteiger partial charge in [-0.15, -0.1) is 0 Å². The van der Waals surface area contributed by atoms with Crippen LogP contribution in [0.5, 0.6) is 0 Å². The Labute approximate surface area is 131 Å². The Hall–Kier alpha value is -1.86. The quantitative estimate of drug-likeness (QED) is 0.941. The number of oxazole rings is 1. The van der Waals surface area contributed by atoms with E-state index >= 15 is 0 Å². The van der Waals surface area contributed by atoms with Gasteiger partial charge in [0.1, 0.15) is 5.76 Å². The molecule has 1 aliphatic rings. The molecule has 0 amide bonds. The number of β-amino-alcohol motifs (C(OH)–C–C–N with tert-alkyl or cyclic N) is 1. The number of rotatable bonds is 3. The minimum absolute atomic E-state index is 0.184. The van der Waals surface area contributed by atoms with Crippen molar-refractivity contribution in [3.63, 3.8) is 0 Å². The van der Waals surface area contributed by atoms with E-state index in [1.807, 2.05) is 4.90 Å². The Morgan fingerprint density at radius 3 is 2.83 bits per heavy atom. The summed E-state index contributed by atoms with van der Waals surface area (Å²) in [4.78, 5) is 6.38. The predicted octanol–water partition coefficient (Wildman–Crippen LogP) is 3.24. The van der Waals surface area contributed by atoms with Gasteiger partial charge in [-0.3, -0.25) is 4.90 Å². The van der Waals surface area contributed by atoms with Crippen molar-refractivity contribution in [2.45, 2.75) is 32.2 Å². The first-order valence-corrected chi connectivity index (χ1v) is 7.37. The molecular formula is C16H17F3N2O2. The molecular weight excluding hydrogens is 309 g/mol. The van der Waals surface area contributed by atoms with Crippen molar-refractivity contribution in [2.75, 3.05) is 13.1 Å². The largest absolute Gasteiger partial charge is 0.441 e. The second kappa shape index (κ2) is 5.98. The molecule has 1 saturated heterocycles. The number of likely N-dealkylation sites (tertiary alicyclic amines) is 1. The highest BCUT2D eigenvalue weighted by molar-refractivity contribution is 5.55. The van der Waals surface area contributed by atoms with Gasteiger partial charge in [0.05, 0.1) is 17.4 Å². The number of hydrogen-bond donors (Lipinski definition) is 1. The van der Waals surface area contributed by atoms with Gasteiger partial charge >= 0.3 is 6.18 Å². The van der Waals surface area contributed by atoms with Gasteiger partial charge in [-0.2, -0.15) is 13.2 Å². The van der Waals surface area contributed by atoms with Crippen LogP contribution in [0.3, 0.4) is 0 Å². The van der Waals surface area contributed by atoms with Crippen LogP contribution in [0.4, 0.5) is 13.2 Å². The van der Waals surface area contributed by atoms with Crippen molar-refractivity contribution >= 4 is 0 Å². The Morgan fingerprint density at radius 1 is 1.39 bits per heavy atom. The second-order valence-electron chi connectivity index (χ2n) is 5.78. The van der Waals surface area contributed by atoms with E-state index < -0.39 is 11.7 Å². The molecule has 0 bridgehead atoms. The van der Waals surface area contributed by atoms with Gasteiger partial charge in [0.25, 0.3) is 0 Å². The number of aliphatic hydroxyl groups excluding tert-OH is 1. The highest BCUT2D eigenvalue weighted by atomic mass is 19.4. The summed E-state index contributed by atoms with van der Waals surface area (Å²) in [5, 5.41) is 9.54. The maximum atomic E-state index is 12.8. The fourth-order valence-corrected chi connectivity index (χ4v) is 2.69. The highest BCUT2D eigenvalue weighted by Crippen LogP contribution is 2.32. The summed E-state index contributed by atoms with van der Waals surface area (Å²) in [5.41, 5.74) is 0.261. The summed E-state index contributed by atoms with van der Waals surface area (Å²) < 4.78 is 43.9. The van der Waals surface area contributed by atoms with Crippen molar-refractivity contribution in [1.29, 1.82) is 0 Å². The lowest BCUT2D eigenvalue weighted by molar-refractivity contribution is -0.137. The minimum Gasteiger partial charge on any atom is -0.441 e. The number of halogens is 3. The molecule has 0 spiro atoms. The van der Waals surface area contributed by atoms with Gasteiger partial charge < -0.3 is 9.52 Å². The third-order valence-corrected chi connectivity index (χ3v) is 3.95. The van der Waals surface area contributed by atoms with E-state index in [1.54, 1.807) is 13.0 Å². The normalized spacial score (nSPS) is 19.4.